The van der Waals surface area contributed by atoms with Gasteiger partial charge in [-0.1, -0.05) is 30.3 Å². The Hall–Kier alpha value is -1.96. The molecule has 2 fully saturated rings. The van der Waals surface area contributed by atoms with E-state index in [1.54, 1.807) is 0 Å². The average molecular weight is 519 g/mol. The Bertz CT molecular complexity index is 1190. The van der Waals surface area contributed by atoms with E-state index in [9.17, 15) is 29.0 Å². The Morgan fingerprint density at radius 3 is 2.50 bits per heavy atom. The third kappa shape index (κ3) is 5.16. The molecule has 4 rings (SSSR count). The predicted octanol–water partition coefficient (Wildman–Crippen LogP) is 0.0801. The van der Waals surface area contributed by atoms with Gasteiger partial charge in [-0.15, -0.1) is 0 Å². The van der Waals surface area contributed by atoms with Crippen LogP contribution in [0.2, 0.25) is 0 Å². The Morgan fingerprint density at radius 1 is 1.15 bits per heavy atom. The quantitative estimate of drug-likeness (QED) is 0.182. The number of hydrogen-bond acceptors (Lipinski definition) is 10. The number of phosphoric ester groups is 1. The Balaban J connectivity index is 1.42. The molecule has 1 aromatic carbocycles. The van der Waals surface area contributed by atoms with Crippen molar-refractivity contribution in [2.75, 3.05) is 12.1 Å². The van der Waals surface area contributed by atoms with Gasteiger partial charge < -0.3 is 24.9 Å². The van der Waals surface area contributed by atoms with E-state index in [1.165, 1.54) is 16.8 Å². The molecule has 2 aliphatic rings. The Kier molecular flexibility index (Phi) is 6.84. The molecule has 0 saturated heterocycles. The molecule has 16 heteroatoms. The number of nitrogens with zero attached hydrogens (tertiary/aromatic N) is 2. The zero-order chi connectivity index (χ0) is 24.7. The van der Waals surface area contributed by atoms with Gasteiger partial charge in [-0.05, 0) is 24.0 Å². The second kappa shape index (κ2) is 9.25. The number of rotatable bonds is 10. The molecule has 0 radical (unpaired) electrons. The normalized spacial score (nSPS) is 29.9. The second-order valence-corrected chi connectivity index (χ2v) is 10.9. The van der Waals surface area contributed by atoms with E-state index < -0.39 is 57.5 Å². The maximum atomic E-state index is 12.7. The van der Waals surface area contributed by atoms with Gasteiger partial charge in [0.15, 0.2) is 5.82 Å². The summed E-state index contributed by atoms with van der Waals surface area (Å²) in [4.78, 5) is 48.7. The van der Waals surface area contributed by atoms with Crippen molar-refractivity contribution in [2.45, 2.75) is 30.8 Å². The molecular formula is C18H23N3O11P2. The molecule has 6 atom stereocenters. The van der Waals surface area contributed by atoms with Crippen molar-refractivity contribution in [3.63, 3.8) is 0 Å². The lowest BCUT2D eigenvalue weighted by molar-refractivity contribution is -0.0281. The molecule has 14 nitrogen and oxygen atoms in total. The molecule has 34 heavy (non-hydrogen) atoms. The van der Waals surface area contributed by atoms with E-state index >= 15 is 0 Å². The highest BCUT2D eigenvalue weighted by molar-refractivity contribution is 7.60. The SMILES string of the molecule is O=c1nc(NOCc2ccccc2)ccn1[C@]12C[C@H]1[C@H](COP(=O)(O)OP(=O)(O)O)[C@@H](O)[C@H]2O. The van der Waals surface area contributed by atoms with Gasteiger partial charge in [-0.3, -0.25) is 13.9 Å². The summed E-state index contributed by atoms with van der Waals surface area (Å²) >= 11 is 0. The van der Waals surface area contributed by atoms with Crippen molar-refractivity contribution in [3.8, 4) is 0 Å². The minimum absolute atomic E-state index is 0.134. The van der Waals surface area contributed by atoms with Gasteiger partial charge in [0, 0.05) is 12.1 Å². The fourth-order valence-electron chi connectivity index (χ4n) is 4.44. The lowest BCUT2D eigenvalue weighted by atomic mass is 10.0. The molecule has 6 N–H and O–H groups in total. The van der Waals surface area contributed by atoms with Gasteiger partial charge in [0.05, 0.1) is 24.9 Å². The van der Waals surface area contributed by atoms with Crippen LogP contribution >= 0.6 is 15.6 Å². The number of hydrogen-bond donors (Lipinski definition) is 6. The Labute approximate surface area is 192 Å². The molecule has 1 heterocycles. The monoisotopic (exact) mass is 519 g/mol. The number of nitrogens with one attached hydrogen (secondary N) is 1. The number of aromatic nitrogens is 2. The topological polar surface area (TPSA) is 210 Å². The summed E-state index contributed by atoms with van der Waals surface area (Å²) in [5, 5.41) is 21.1. The summed E-state index contributed by atoms with van der Waals surface area (Å²) in [5.41, 5.74) is 1.55. The third-order valence-corrected chi connectivity index (χ3v) is 8.12. The largest absolute Gasteiger partial charge is 0.481 e. The van der Waals surface area contributed by atoms with Gasteiger partial charge in [0.1, 0.15) is 6.10 Å². The van der Waals surface area contributed by atoms with Crippen molar-refractivity contribution in [1.29, 1.82) is 0 Å². The number of aliphatic hydroxyl groups is 2. The van der Waals surface area contributed by atoms with Crippen LogP contribution in [0.4, 0.5) is 5.82 Å². The predicted molar refractivity (Wildman–Crippen MR) is 114 cm³/mol. The minimum Gasteiger partial charge on any atom is -0.390 e. The molecule has 2 saturated carbocycles. The van der Waals surface area contributed by atoms with Gasteiger partial charge in [0.2, 0.25) is 0 Å². The summed E-state index contributed by atoms with van der Waals surface area (Å²) in [6.07, 6.45) is -1.23. The maximum absolute atomic E-state index is 12.7. The highest BCUT2D eigenvalue weighted by Gasteiger charge is 2.72. The van der Waals surface area contributed by atoms with Crippen molar-refractivity contribution in [2.24, 2.45) is 11.8 Å². The highest BCUT2D eigenvalue weighted by atomic mass is 31.3. The van der Waals surface area contributed by atoms with E-state index in [2.05, 4.69) is 19.3 Å². The van der Waals surface area contributed by atoms with Crippen LogP contribution in [-0.4, -0.2) is 53.3 Å². The van der Waals surface area contributed by atoms with Crippen LogP contribution in [0.15, 0.2) is 47.4 Å². The van der Waals surface area contributed by atoms with Crippen LogP contribution < -0.4 is 11.2 Å². The number of aliphatic hydroxyl groups excluding tert-OH is 2. The van der Waals surface area contributed by atoms with E-state index in [0.29, 0.717) is 0 Å². The second-order valence-electron chi connectivity index (χ2n) is 8.08. The zero-order valence-corrected chi connectivity index (χ0v) is 19.2. The molecular weight excluding hydrogens is 496 g/mol. The van der Waals surface area contributed by atoms with Crippen molar-refractivity contribution >= 4 is 21.5 Å². The first-order chi connectivity index (χ1) is 15.9. The standard InChI is InChI=1S/C18H23N3O11P2/c22-15-12(10-31-34(28,29)32-33(25,26)27)13-8-18(13,16(15)23)21-7-6-14(19-17(21)24)20-30-9-11-4-2-1-3-5-11/h1-7,12-13,15-16,22-23H,8-10H2,(H,28,29)(H,19,20,24)(H2,25,26,27)/t12-,13-,15+,16+,18+/m0/s1. The van der Waals surface area contributed by atoms with Crippen LogP contribution in [0.1, 0.15) is 12.0 Å². The number of benzene rings is 1. The van der Waals surface area contributed by atoms with E-state index in [4.69, 9.17) is 14.6 Å². The van der Waals surface area contributed by atoms with E-state index in [0.717, 1.165) is 5.56 Å². The molecule has 186 valence electrons. The fraction of sp³-hybridized carbons (Fsp3) is 0.444. The van der Waals surface area contributed by atoms with Gasteiger partial charge in [-0.25, -0.2) is 19.4 Å². The van der Waals surface area contributed by atoms with Gasteiger partial charge in [-0.2, -0.15) is 9.29 Å². The van der Waals surface area contributed by atoms with Crippen molar-refractivity contribution in [1.82, 2.24) is 9.55 Å². The van der Waals surface area contributed by atoms with Crippen LogP contribution in [0.5, 0.6) is 0 Å². The van der Waals surface area contributed by atoms with Crippen molar-refractivity contribution < 1.29 is 47.7 Å². The molecule has 0 aliphatic heterocycles. The first kappa shape index (κ1) is 25.1. The minimum atomic E-state index is -5.30. The van der Waals surface area contributed by atoms with E-state index in [-0.39, 0.29) is 18.8 Å². The van der Waals surface area contributed by atoms with Crippen LogP contribution in [-0.2, 0) is 34.9 Å². The van der Waals surface area contributed by atoms with Gasteiger partial charge >= 0.3 is 21.3 Å². The number of phosphoric acid groups is 2. The van der Waals surface area contributed by atoms with E-state index in [1.807, 2.05) is 30.3 Å². The molecule has 1 aromatic heterocycles. The Morgan fingerprint density at radius 2 is 1.85 bits per heavy atom. The smallest absolute Gasteiger partial charge is 0.390 e. The summed E-state index contributed by atoms with van der Waals surface area (Å²) < 4.78 is 32.0. The third-order valence-electron chi connectivity index (χ3n) is 5.97. The number of fused-ring (bicyclic) bond motifs is 1. The zero-order valence-electron chi connectivity index (χ0n) is 17.4. The van der Waals surface area contributed by atoms with Gasteiger partial charge in [0.25, 0.3) is 0 Å². The first-order valence-corrected chi connectivity index (χ1v) is 13.1. The van der Waals surface area contributed by atoms with Crippen LogP contribution in [0, 0.1) is 11.8 Å². The molecule has 1 unspecified atom stereocenters. The summed E-state index contributed by atoms with van der Waals surface area (Å²) in [6.45, 7) is -0.418. The summed E-state index contributed by atoms with van der Waals surface area (Å²) in [6, 6.07) is 10.8. The molecule has 0 bridgehead atoms. The highest BCUT2D eigenvalue weighted by Crippen LogP contribution is 2.65. The fourth-order valence-corrected chi connectivity index (χ4v) is 6.06. The summed E-state index contributed by atoms with van der Waals surface area (Å²) in [7, 11) is -10.4. The molecule has 2 aromatic rings. The average Bonchev–Trinajstić information content (AvgIpc) is 3.43. The lowest BCUT2D eigenvalue weighted by Crippen LogP contribution is -2.43. The van der Waals surface area contributed by atoms with Crippen LogP contribution in [0.3, 0.4) is 0 Å². The number of anilines is 1. The molecule has 0 amide bonds. The molecule has 2 aliphatic carbocycles. The van der Waals surface area contributed by atoms with Crippen LogP contribution in [0.25, 0.3) is 0 Å². The lowest BCUT2D eigenvalue weighted by Gasteiger charge is -2.24. The summed E-state index contributed by atoms with van der Waals surface area (Å²) in [5.74, 6) is -1.30. The maximum Gasteiger partial charge on any atom is 0.481 e. The first-order valence-electron chi connectivity index (χ1n) is 10.1. The van der Waals surface area contributed by atoms with Crippen molar-refractivity contribution in [3.05, 3.63) is 58.6 Å². The molecule has 0 spiro atoms.